The Kier molecular flexibility index (Phi) is 4.11. The van der Waals surface area contributed by atoms with Gasteiger partial charge in [-0.3, -0.25) is 4.68 Å². The summed E-state index contributed by atoms with van der Waals surface area (Å²) in [5, 5.41) is 7.66. The fourth-order valence-corrected chi connectivity index (χ4v) is 2.09. The molecule has 2 rings (SSSR count). The van der Waals surface area contributed by atoms with E-state index >= 15 is 0 Å². The summed E-state index contributed by atoms with van der Waals surface area (Å²) in [7, 11) is 3.55. The molecule has 6 heteroatoms. The quantitative estimate of drug-likeness (QED) is 0.877. The first-order valence-electron chi connectivity index (χ1n) is 6.26. The van der Waals surface area contributed by atoms with Crippen molar-refractivity contribution in [3.63, 3.8) is 0 Å². The maximum absolute atomic E-state index is 5.38. The molecule has 102 valence electrons. The third kappa shape index (κ3) is 2.73. The van der Waals surface area contributed by atoms with Crippen molar-refractivity contribution in [2.45, 2.75) is 19.9 Å². The maximum Gasteiger partial charge on any atom is 0.161 e. The smallest absolute Gasteiger partial charge is 0.161 e. The summed E-state index contributed by atoms with van der Waals surface area (Å²) in [6.07, 6.45) is 3.48. The Morgan fingerprint density at radius 2 is 2.26 bits per heavy atom. The van der Waals surface area contributed by atoms with Gasteiger partial charge in [0.25, 0.3) is 0 Å². The van der Waals surface area contributed by atoms with E-state index in [0.29, 0.717) is 0 Å². The molecule has 1 atom stereocenters. The zero-order valence-electron chi connectivity index (χ0n) is 11.7. The highest BCUT2D eigenvalue weighted by atomic mass is 16.5. The van der Waals surface area contributed by atoms with Gasteiger partial charge in [-0.15, -0.1) is 0 Å². The van der Waals surface area contributed by atoms with Gasteiger partial charge in [0.2, 0.25) is 0 Å². The number of hydrogen-bond donors (Lipinski definition) is 1. The van der Waals surface area contributed by atoms with Crippen LogP contribution in [0, 0.1) is 6.92 Å². The Labute approximate surface area is 112 Å². The van der Waals surface area contributed by atoms with Crippen molar-refractivity contribution in [3.05, 3.63) is 35.7 Å². The first-order chi connectivity index (χ1) is 9.17. The minimum absolute atomic E-state index is 0.0610. The maximum atomic E-state index is 5.38. The molecule has 0 radical (unpaired) electrons. The monoisotopic (exact) mass is 261 g/mol. The van der Waals surface area contributed by atoms with E-state index in [4.69, 9.17) is 4.74 Å². The Hall–Kier alpha value is -1.95. The number of methoxy groups -OCH3 is 1. The van der Waals surface area contributed by atoms with Gasteiger partial charge >= 0.3 is 0 Å². The topological polar surface area (TPSA) is 64.9 Å². The van der Waals surface area contributed by atoms with Crippen molar-refractivity contribution in [1.82, 2.24) is 25.1 Å². The molecule has 2 aromatic heterocycles. The molecule has 0 aromatic carbocycles. The van der Waals surface area contributed by atoms with Gasteiger partial charge < -0.3 is 10.1 Å². The summed E-state index contributed by atoms with van der Waals surface area (Å²) in [4.78, 5) is 8.63. The van der Waals surface area contributed by atoms with Crippen LogP contribution in [0.15, 0.2) is 18.5 Å². The zero-order chi connectivity index (χ0) is 13.8. The Morgan fingerprint density at radius 1 is 1.47 bits per heavy atom. The van der Waals surface area contributed by atoms with Crippen LogP contribution in [-0.4, -0.2) is 33.4 Å². The highest BCUT2D eigenvalue weighted by Gasteiger charge is 2.23. The van der Waals surface area contributed by atoms with Gasteiger partial charge in [0.15, 0.2) is 5.75 Å². The van der Waals surface area contributed by atoms with E-state index in [-0.39, 0.29) is 6.04 Å². The first-order valence-corrected chi connectivity index (χ1v) is 6.26. The molecule has 0 saturated heterocycles. The van der Waals surface area contributed by atoms with Crippen molar-refractivity contribution in [1.29, 1.82) is 0 Å². The lowest BCUT2D eigenvalue weighted by atomic mass is 10.1. The van der Waals surface area contributed by atoms with Crippen molar-refractivity contribution < 1.29 is 4.74 Å². The van der Waals surface area contributed by atoms with Gasteiger partial charge in [-0.05, 0) is 19.5 Å². The van der Waals surface area contributed by atoms with Crippen molar-refractivity contribution in [2.24, 2.45) is 7.05 Å². The molecule has 2 aromatic rings. The summed E-state index contributed by atoms with van der Waals surface area (Å²) in [6.45, 7) is 4.76. The number of rotatable bonds is 5. The molecule has 0 aliphatic carbocycles. The van der Waals surface area contributed by atoms with Gasteiger partial charge in [0.05, 0.1) is 25.0 Å². The van der Waals surface area contributed by atoms with Crippen LogP contribution in [0.25, 0.3) is 0 Å². The van der Waals surface area contributed by atoms with E-state index in [9.17, 15) is 0 Å². The van der Waals surface area contributed by atoms with Crippen LogP contribution in [-0.2, 0) is 7.05 Å². The van der Waals surface area contributed by atoms with E-state index in [0.717, 1.165) is 29.5 Å². The van der Waals surface area contributed by atoms with Crippen molar-refractivity contribution >= 4 is 0 Å². The molecule has 0 spiro atoms. The SMILES string of the molecule is CCNC(c1ccnc(C)n1)c1c(OC)cnn1C. The van der Waals surface area contributed by atoms with Crippen LogP contribution in [0.1, 0.15) is 30.2 Å². The van der Waals surface area contributed by atoms with Gasteiger partial charge in [-0.1, -0.05) is 6.92 Å². The Bertz CT molecular complexity index is 552. The number of nitrogens with one attached hydrogen (secondary N) is 1. The van der Waals surface area contributed by atoms with Crippen LogP contribution in [0.5, 0.6) is 5.75 Å². The van der Waals surface area contributed by atoms with E-state index in [1.54, 1.807) is 19.5 Å². The minimum Gasteiger partial charge on any atom is -0.493 e. The van der Waals surface area contributed by atoms with Gasteiger partial charge in [-0.25, -0.2) is 9.97 Å². The molecule has 19 heavy (non-hydrogen) atoms. The summed E-state index contributed by atoms with van der Waals surface area (Å²) in [6, 6.07) is 1.85. The lowest BCUT2D eigenvalue weighted by molar-refractivity contribution is 0.400. The van der Waals surface area contributed by atoms with Crippen LogP contribution in [0.2, 0.25) is 0 Å². The van der Waals surface area contributed by atoms with E-state index < -0.39 is 0 Å². The fourth-order valence-electron chi connectivity index (χ4n) is 2.09. The van der Waals surface area contributed by atoms with Crippen LogP contribution >= 0.6 is 0 Å². The summed E-state index contributed by atoms with van der Waals surface area (Å²) in [5.74, 6) is 1.51. The average molecular weight is 261 g/mol. The first kappa shape index (κ1) is 13.5. The van der Waals surface area contributed by atoms with Gasteiger partial charge in [-0.2, -0.15) is 5.10 Å². The van der Waals surface area contributed by atoms with Crippen LogP contribution in [0.4, 0.5) is 0 Å². The largest absolute Gasteiger partial charge is 0.493 e. The molecule has 6 nitrogen and oxygen atoms in total. The van der Waals surface area contributed by atoms with E-state index in [1.807, 2.05) is 24.7 Å². The number of aryl methyl sites for hydroxylation is 2. The second-order valence-corrected chi connectivity index (χ2v) is 4.24. The number of ether oxygens (including phenoxy) is 1. The lowest BCUT2D eigenvalue weighted by Gasteiger charge is -2.19. The second kappa shape index (κ2) is 5.79. The molecule has 1 unspecified atom stereocenters. The number of nitrogens with zero attached hydrogens (tertiary/aromatic N) is 4. The predicted octanol–water partition coefficient (Wildman–Crippen LogP) is 1.23. The molecule has 0 fully saturated rings. The minimum atomic E-state index is -0.0610. The van der Waals surface area contributed by atoms with E-state index in [2.05, 4.69) is 27.3 Å². The number of aromatic nitrogens is 4. The lowest BCUT2D eigenvalue weighted by Crippen LogP contribution is -2.26. The molecule has 0 amide bonds. The van der Waals surface area contributed by atoms with Crippen LogP contribution in [0.3, 0.4) is 0 Å². The van der Waals surface area contributed by atoms with E-state index in [1.165, 1.54) is 0 Å². The molecule has 2 heterocycles. The molecule has 0 bridgehead atoms. The second-order valence-electron chi connectivity index (χ2n) is 4.24. The third-order valence-electron chi connectivity index (χ3n) is 2.94. The van der Waals surface area contributed by atoms with Gasteiger partial charge in [0, 0.05) is 13.2 Å². The Morgan fingerprint density at radius 3 is 2.89 bits per heavy atom. The predicted molar refractivity (Wildman–Crippen MR) is 72.0 cm³/mol. The van der Waals surface area contributed by atoms with Crippen LogP contribution < -0.4 is 10.1 Å². The van der Waals surface area contributed by atoms with Crippen molar-refractivity contribution in [2.75, 3.05) is 13.7 Å². The molecule has 0 aliphatic rings. The molecule has 1 N–H and O–H groups in total. The van der Waals surface area contributed by atoms with Gasteiger partial charge in [0.1, 0.15) is 11.5 Å². The highest BCUT2D eigenvalue weighted by Crippen LogP contribution is 2.28. The number of hydrogen-bond acceptors (Lipinski definition) is 5. The average Bonchev–Trinajstić information content (AvgIpc) is 2.77. The third-order valence-corrected chi connectivity index (χ3v) is 2.94. The fraction of sp³-hybridized carbons (Fsp3) is 0.462. The van der Waals surface area contributed by atoms with Crippen molar-refractivity contribution in [3.8, 4) is 5.75 Å². The normalized spacial score (nSPS) is 12.4. The molecule has 0 aliphatic heterocycles. The zero-order valence-corrected chi connectivity index (χ0v) is 11.7. The standard InChI is InChI=1S/C13H19N5O/c1-5-14-12(10-6-7-15-9(2)17-10)13-11(19-4)8-16-18(13)3/h6-8,12,14H,5H2,1-4H3. The molecular formula is C13H19N5O. The molecule has 0 saturated carbocycles. The highest BCUT2D eigenvalue weighted by molar-refractivity contribution is 5.33. The molecular weight excluding hydrogens is 242 g/mol. The Balaban J connectivity index is 2.48. The summed E-state index contributed by atoms with van der Waals surface area (Å²) in [5.41, 5.74) is 1.87. The summed E-state index contributed by atoms with van der Waals surface area (Å²) < 4.78 is 7.19. The summed E-state index contributed by atoms with van der Waals surface area (Å²) >= 11 is 0.